The van der Waals surface area contributed by atoms with Gasteiger partial charge in [0.25, 0.3) is 5.56 Å². The molecule has 6 heteroatoms. The molecule has 1 aliphatic carbocycles. The summed E-state index contributed by atoms with van der Waals surface area (Å²) in [5, 5.41) is 8.55. The number of likely N-dealkylation sites (tertiary alicyclic amines) is 1. The van der Waals surface area contributed by atoms with Crippen LogP contribution in [0, 0.1) is 12.8 Å². The molecule has 0 saturated carbocycles. The van der Waals surface area contributed by atoms with E-state index in [9.17, 15) is 4.79 Å². The quantitative estimate of drug-likeness (QED) is 0.831. The van der Waals surface area contributed by atoms with Gasteiger partial charge in [0.2, 0.25) is 0 Å². The van der Waals surface area contributed by atoms with E-state index in [0.29, 0.717) is 5.92 Å². The van der Waals surface area contributed by atoms with Crippen LogP contribution in [0.4, 0.5) is 0 Å². The predicted octanol–water partition coefficient (Wildman–Crippen LogP) is 1.98. The molecular weight excluding hydrogens is 316 g/mol. The van der Waals surface area contributed by atoms with Crippen LogP contribution in [0.2, 0.25) is 0 Å². The Morgan fingerprint density at radius 2 is 2.08 bits per heavy atom. The molecule has 134 valence electrons. The van der Waals surface area contributed by atoms with Crippen LogP contribution in [0.15, 0.2) is 21.5 Å². The zero-order chi connectivity index (χ0) is 17.2. The van der Waals surface area contributed by atoms with Crippen molar-refractivity contribution in [3.05, 3.63) is 45.2 Å². The number of piperidine rings is 1. The van der Waals surface area contributed by atoms with Crippen molar-refractivity contribution >= 4 is 0 Å². The largest absolute Gasteiger partial charge is 0.361 e. The van der Waals surface area contributed by atoms with E-state index < -0.39 is 0 Å². The highest BCUT2D eigenvalue weighted by molar-refractivity contribution is 5.22. The zero-order valence-corrected chi connectivity index (χ0v) is 14.9. The summed E-state index contributed by atoms with van der Waals surface area (Å²) in [5.74, 6) is 1.52. The molecule has 2 aliphatic rings. The van der Waals surface area contributed by atoms with Gasteiger partial charge in [-0.1, -0.05) is 5.16 Å². The number of aryl methyl sites for hydroxylation is 3. The molecule has 2 aromatic rings. The van der Waals surface area contributed by atoms with Gasteiger partial charge in [-0.05, 0) is 63.6 Å². The summed E-state index contributed by atoms with van der Waals surface area (Å²) < 4.78 is 6.99. The molecule has 1 aliphatic heterocycles. The molecule has 0 aromatic carbocycles. The summed E-state index contributed by atoms with van der Waals surface area (Å²) in [6.07, 6.45) is 6.34. The first-order valence-corrected chi connectivity index (χ1v) is 9.42. The van der Waals surface area contributed by atoms with E-state index in [-0.39, 0.29) is 5.56 Å². The molecule has 4 rings (SSSR count). The van der Waals surface area contributed by atoms with E-state index in [4.69, 9.17) is 4.52 Å². The van der Waals surface area contributed by atoms with Crippen LogP contribution >= 0.6 is 0 Å². The summed E-state index contributed by atoms with van der Waals surface area (Å²) >= 11 is 0. The van der Waals surface area contributed by atoms with Gasteiger partial charge in [-0.2, -0.15) is 5.10 Å². The fourth-order valence-corrected chi connectivity index (χ4v) is 4.01. The van der Waals surface area contributed by atoms with Crippen molar-refractivity contribution in [2.24, 2.45) is 5.92 Å². The topological polar surface area (TPSA) is 64.2 Å². The average Bonchev–Trinajstić information content (AvgIpc) is 3.23. The molecule has 0 amide bonds. The van der Waals surface area contributed by atoms with Crippen LogP contribution in [-0.2, 0) is 25.8 Å². The molecule has 1 saturated heterocycles. The number of nitrogens with zero attached hydrogens (tertiary/aromatic N) is 4. The Kier molecular flexibility index (Phi) is 4.70. The van der Waals surface area contributed by atoms with Crippen molar-refractivity contribution in [2.45, 2.75) is 52.0 Å². The zero-order valence-electron chi connectivity index (χ0n) is 14.9. The number of hydrogen-bond donors (Lipinski definition) is 0. The predicted molar refractivity (Wildman–Crippen MR) is 94.6 cm³/mol. The first-order valence-electron chi connectivity index (χ1n) is 9.42. The third-order valence-corrected chi connectivity index (χ3v) is 5.51. The van der Waals surface area contributed by atoms with Crippen molar-refractivity contribution < 1.29 is 4.52 Å². The highest BCUT2D eigenvalue weighted by atomic mass is 16.5. The van der Waals surface area contributed by atoms with Gasteiger partial charge in [0.05, 0.1) is 11.4 Å². The molecule has 1 fully saturated rings. The first kappa shape index (κ1) is 16.5. The van der Waals surface area contributed by atoms with E-state index in [1.165, 1.54) is 5.56 Å². The smallest absolute Gasteiger partial charge is 0.267 e. The van der Waals surface area contributed by atoms with Gasteiger partial charge >= 0.3 is 0 Å². The van der Waals surface area contributed by atoms with Crippen molar-refractivity contribution in [1.29, 1.82) is 0 Å². The maximum absolute atomic E-state index is 12.3. The van der Waals surface area contributed by atoms with Gasteiger partial charge in [-0.15, -0.1) is 0 Å². The third-order valence-electron chi connectivity index (χ3n) is 5.51. The van der Waals surface area contributed by atoms with Gasteiger partial charge in [0, 0.05) is 31.6 Å². The minimum atomic E-state index is 0.0729. The van der Waals surface area contributed by atoms with Crippen molar-refractivity contribution in [1.82, 2.24) is 19.8 Å². The SMILES string of the molecule is Cc1cc(CCN2CCC(Cn3nc4c(cc3=O)CCC4)CC2)on1. The lowest BCUT2D eigenvalue weighted by Gasteiger charge is -2.31. The molecule has 0 atom stereocenters. The van der Waals surface area contributed by atoms with E-state index in [1.54, 1.807) is 4.68 Å². The fraction of sp³-hybridized carbons (Fsp3) is 0.632. The van der Waals surface area contributed by atoms with Crippen molar-refractivity contribution in [2.75, 3.05) is 19.6 Å². The minimum absolute atomic E-state index is 0.0729. The number of fused-ring (bicyclic) bond motifs is 1. The lowest BCUT2D eigenvalue weighted by atomic mass is 9.96. The Balaban J connectivity index is 1.28. The summed E-state index contributed by atoms with van der Waals surface area (Å²) in [7, 11) is 0. The maximum atomic E-state index is 12.3. The van der Waals surface area contributed by atoms with Crippen LogP contribution < -0.4 is 5.56 Å². The molecule has 0 unspecified atom stereocenters. The second kappa shape index (κ2) is 7.12. The lowest BCUT2D eigenvalue weighted by Crippen LogP contribution is -2.38. The van der Waals surface area contributed by atoms with E-state index in [1.807, 2.05) is 19.1 Å². The molecular formula is C19H26N4O2. The first-order chi connectivity index (χ1) is 12.2. The van der Waals surface area contributed by atoms with Gasteiger partial charge in [0.15, 0.2) is 0 Å². The summed E-state index contributed by atoms with van der Waals surface area (Å²) in [6.45, 7) is 5.89. The van der Waals surface area contributed by atoms with Crippen LogP contribution in [0.5, 0.6) is 0 Å². The van der Waals surface area contributed by atoms with Gasteiger partial charge in [-0.25, -0.2) is 4.68 Å². The Morgan fingerprint density at radius 1 is 1.24 bits per heavy atom. The molecule has 6 nitrogen and oxygen atoms in total. The highest BCUT2D eigenvalue weighted by Gasteiger charge is 2.22. The van der Waals surface area contributed by atoms with Gasteiger partial charge < -0.3 is 9.42 Å². The Morgan fingerprint density at radius 3 is 2.84 bits per heavy atom. The van der Waals surface area contributed by atoms with E-state index >= 15 is 0 Å². The van der Waals surface area contributed by atoms with Gasteiger partial charge in [-0.3, -0.25) is 4.79 Å². The van der Waals surface area contributed by atoms with Crippen LogP contribution in [-0.4, -0.2) is 39.5 Å². The Hall–Kier alpha value is -1.95. The summed E-state index contributed by atoms with van der Waals surface area (Å²) in [6, 6.07) is 3.82. The number of rotatable bonds is 5. The summed E-state index contributed by atoms with van der Waals surface area (Å²) in [4.78, 5) is 14.7. The normalized spacial score (nSPS) is 18.6. The highest BCUT2D eigenvalue weighted by Crippen LogP contribution is 2.21. The molecule has 25 heavy (non-hydrogen) atoms. The summed E-state index contributed by atoms with van der Waals surface area (Å²) in [5.41, 5.74) is 3.32. The van der Waals surface area contributed by atoms with E-state index in [0.717, 1.165) is 81.9 Å². The second-order valence-electron chi connectivity index (χ2n) is 7.46. The number of aromatic nitrogens is 3. The van der Waals surface area contributed by atoms with Crippen molar-refractivity contribution in [3.8, 4) is 0 Å². The van der Waals surface area contributed by atoms with Crippen LogP contribution in [0.3, 0.4) is 0 Å². The lowest BCUT2D eigenvalue weighted by molar-refractivity contribution is 0.168. The Labute approximate surface area is 147 Å². The maximum Gasteiger partial charge on any atom is 0.267 e. The molecule has 3 heterocycles. The van der Waals surface area contributed by atoms with Crippen LogP contribution in [0.25, 0.3) is 0 Å². The molecule has 0 bridgehead atoms. The molecule has 0 N–H and O–H groups in total. The Bertz CT molecular complexity index is 787. The molecule has 2 aromatic heterocycles. The molecule has 0 radical (unpaired) electrons. The van der Waals surface area contributed by atoms with Gasteiger partial charge in [0.1, 0.15) is 5.76 Å². The standard InChI is InChI=1S/C19H26N4O2/c1-14-11-17(25-21-14)7-10-22-8-5-15(6-9-22)13-23-19(24)12-16-3-2-4-18(16)20-23/h11-12,15H,2-10,13H2,1H3. The monoisotopic (exact) mass is 342 g/mol. The third kappa shape index (κ3) is 3.84. The van der Waals surface area contributed by atoms with Crippen molar-refractivity contribution in [3.63, 3.8) is 0 Å². The van der Waals surface area contributed by atoms with Crippen LogP contribution in [0.1, 0.15) is 42.0 Å². The fourth-order valence-electron chi connectivity index (χ4n) is 4.01. The average molecular weight is 342 g/mol. The number of hydrogen-bond acceptors (Lipinski definition) is 5. The minimum Gasteiger partial charge on any atom is -0.361 e. The second-order valence-corrected chi connectivity index (χ2v) is 7.46. The molecule has 0 spiro atoms. The van der Waals surface area contributed by atoms with E-state index in [2.05, 4.69) is 15.2 Å².